The molecule has 0 spiro atoms. The molecule has 0 atom stereocenters. The highest BCUT2D eigenvalue weighted by molar-refractivity contribution is 6.30. The van der Waals surface area contributed by atoms with Crippen LogP contribution in [-0.4, -0.2) is 0 Å². The Morgan fingerprint density at radius 3 is 2.04 bits per heavy atom. The van der Waals surface area contributed by atoms with Gasteiger partial charge in [0.25, 0.3) is 0 Å². The lowest BCUT2D eigenvalue weighted by atomic mass is 10.0. The van der Waals surface area contributed by atoms with Crippen molar-refractivity contribution in [2.45, 2.75) is 12.8 Å². The number of halogens is 2. The van der Waals surface area contributed by atoms with Crippen LogP contribution in [0.4, 0.5) is 4.39 Å². The van der Waals surface area contributed by atoms with Gasteiger partial charge >= 0.3 is 0 Å². The van der Waals surface area contributed by atoms with Gasteiger partial charge in [-0.3, -0.25) is 0 Å². The molecule has 0 aromatic heterocycles. The molecule has 0 saturated heterocycles. The number of hydrogen-bond acceptors (Lipinski definition) is 0. The first-order valence-corrected chi connectivity index (χ1v) is 8.79. The van der Waals surface area contributed by atoms with Crippen molar-refractivity contribution in [2.75, 3.05) is 0 Å². The van der Waals surface area contributed by atoms with Crippen molar-refractivity contribution in [1.29, 1.82) is 0 Å². The maximum atomic E-state index is 13.7. The Labute approximate surface area is 159 Å². The molecule has 0 heterocycles. The van der Waals surface area contributed by atoms with Gasteiger partial charge in [0.05, 0.1) is 5.56 Å². The van der Waals surface area contributed by atoms with Crippen LogP contribution in [0.2, 0.25) is 5.02 Å². The Kier molecular flexibility index (Phi) is 5.89. The molecule has 3 aromatic rings. The van der Waals surface area contributed by atoms with Crippen molar-refractivity contribution in [2.24, 2.45) is 0 Å². The molecule has 0 aliphatic heterocycles. The topological polar surface area (TPSA) is 0 Å². The second-order valence-electron chi connectivity index (χ2n) is 6.02. The smallest absolute Gasteiger partial charge is 0.140 e. The zero-order valence-corrected chi connectivity index (χ0v) is 15.1. The first-order valence-electron chi connectivity index (χ1n) is 8.41. The average molecular weight is 361 g/mol. The molecule has 3 aromatic carbocycles. The minimum absolute atomic E-state index is 0.349. The number of rotatable bonds is 4. The number of benzene rings is 3. The minimum atomic E-state index is -0.399. The predicted molar refractivity (Wildman–Crippen MR) is 108 cm³/mol. The maximum Gasteiger partial charge on any atom is 0.140 e. The Bertz CT molecular complexity index is 958. The third-order valence-electron chi connectivity index (χ3n) is 4.14. The van der Waals surface area contributed by atoms with Crippen molar-refractivity contribution >= 4 is 17.7 Å². The van der Waals surface area contributed by atoms with E-state index in [4.69, 9.17) is 11.6 Å². The highest BCUT2D eigenvalue weighted by atomic mass is 35.5. The first-order chi connectivity index (χ1) is 12.6. The highest BCUT2D eigenvalue weighted by Crippen LogP contribution is 2.14. The van der Waals surface area contributed by atoms with Crippen LogP contribution in [0.25, 0.3) is 6.08 Å². The molecule has 0 radical (unpaired) electrons. The van der Waals surface area contributed by atoms with Gasteiger partial charge in [0.2, 0.25) is 0 Å². The fraction of sp³-hybridized carbons (Fsp3) is 0.0833. The third kappa shape index (κ3) is 4.85. The second kappa shape index (κ2) is 8.52. The Balaban J connectivity index is 1.63. The van der Waals surface area contributed by atoms with Crippen LogP contribution in [0.3, 0.4) is 0 Å². The summed E-state index contributed by atoms with van der Waals surface area (Å²) in [7, 11) is 0. The van der Waals surface area contributed by atoms with Gasteiger partial charge in [-0.2, -0.15) is 0 Å². The zero-order valence-electron chi connectivity index (χ0n) is 14.3. The van der Waals surface area contributed by atoms with E-state index in [2.05, 4.69) is 54.8 Å². The fourth-order valence-electron chi connectivity index (χ4n) is 2.59. The normalized spacial score (nSPS) is 10.1. The monoisotopic (exact) mass is 360 g/mol. The van der Waals surface area contributed by atoms with Crippen LogP contribution in [0.5, 0.6) is 0 Å². The molecule has 0 amide bonds. The van der Waals surface area contributed by atoms with Crippen LogP contribution < -0.4 is 0 Å². The summed E-state index contributed by atoms with van der Waals surface area (Å²) < 4.78 is 13.7. The van der Waals surface area contributed by atoms with Gasteiger partial charge in [-0.25, -0.2) is 4.39 Å². The standard InChI is InChI=1S/C24H18ClF/c1-2-18-3-5-19(6-4-18)7-8-20-9-11-21(12-10-20)13-14-22-15-16-23(25)17-24(22)26/h2-6,9-12,15-17H,1,7-8H2. The Hall–Kier alpha value is -2.82. The lowest BCUT2D eigenvalue weighted by Crippen LogP contribution is -1.91. The van der Waals surface area contributed by atoms with Crippen LogP contribution in [-0.2, 0) is 12.8 Å². The van der Waals surface area contributed by atoms with Gasteiger partial charge < -0.3 is 0 Å². The SMILES string of the molecule is C=Cc1ccc(CCc2ccc(C#Cc3ccc(Cl)cc3F)cc2)cc1. The van der Waals surface area contributed by atoms with E-state index in [0.29, 0.717) is 10.6 Å². The summed E-state index contributed by atoms with van der Waals surface area (Å²) in [6, 6.07) is 21.0. The summed E-state index contributed by atoms with van der Waals surface area (Å²) in [6.45, 7) is 3.77. The minimum Gasteiger partial charge on any atom is -0.206 e. The van der Waals surface area contributed by atoms with E-state index in [1.165, 1.54) is 17.2 Å². The maximum absolute atomic E-state index is 13.7. The Morgan fingerprint density at radius 1 is 0.846 bits per heavy atom. The van der Waals surface area contributed by atoms with Gasteiger partial charge in [0.15, 0.2) is 0 Å². The molecule has 0 aliphatic carbocycles. The quantitative estimate of drug-likeness (QED) is 0.478. The highest BCUT2D eigenvalue weighted by Gasteiger charge is 2.00. The molecule has 128 valence electrons. The molecular weight excluding hydrogens is 343 g/mol. The molecule has 0 saturated carbocycles. The summed E-state index contributed by atoms with van der Waals surface area (Å²) >= 11 is 5.75. The fourth-order valence-corrected chi connectivity index (χ4v) is 2.75. The summed E-state index contributed by atoms with van der Waals surface area (Å²) in [5.41, 5.74) is 4.90. The molecular formula is C24H18ClF. The molecule has 0 bridgehead atoms. The Morgan fingerprint density at radius 2 is 1.46 bits per heavy atom. The van der Waals surface area contributed by atoms with Gasteiger partial charge in [-0.1, -0.05) is 72.5 Å². The number of aryl methyl sites for hydroxylation is 2. The van der Waals surface area contributed by atoms with Crippen molar-refractivity contribution in [1.82, 2.24) is 0 Å². The van der Waals surface area contributed by atoms with Crippen molar-refractivity contribution in [3.8, 4) is 11.8 Å². The molecule has 0 nitrogen and oxygen atoms in total. The predicted octanol–water partition coefficient (Wildman–Crippen LogP) is 6.31. The molecule has 0 unspecified atom stereocenters. The van der Waals surface area contributed by atoms with E-state index < -0.39 is 5.82 Å². The first kappa shape index (κ1) is 18.0. The molecule has 0 N–H and O–H groups in total. The third-order valence-corrected chi connectivity index (χ3v) is 4.38. The summed E-state index contributed by atoms with van der Waals surface area (Å²) in [5.74, 6) is 5.45. The second-order valence-corrected chi connectivity index (χ2v) is 6.45. The van der Waals surface area contributed by atoms with Crippen molar-refractivity contribution in [3.63, 3.8) is 0 Å². The molecule has 0 aliphatic rings. The van der Waals surface area contributed by atoms with Crippen molar-refractivity contribution in [3.05, 3.63) is 112 Å². The van der Waals surface area contributed by atoms with E-state index in [0.717, 1.165) is 24.0 Å². The van der Waals surface area contributed by atoms with Crippen LogP contribution in [0.15, 0.2) is 73.3 Å². The summed E-state index contributed by atoms with van der Waals surface area (Å²) in [5, 5.41) is 0.372. The average Bonchev–Trinajstić information content (AvgIpc) is 2.67. The van der Waals surface area contributed by atoms with Crippen LogP contribution >= 0.6 is 11.6 Å². The van der Waals surface area contributed by atoms with E-state index in [9.17, 15) is 4.39 Å². The lowest BCUT2D eigenvalue weighted by molar-refractivity contribution is 0.624. The van der Waals surface area contributed by atoms with Gasteiger partial charge in [0.1, 0.15) is 5.82 Å². The molecule has 0 fully saturated rings. The molecule has 2 heteroatoms. The summed E-state index contributed by atoms with van der Waals surface area (Å²) in [6.07, 6.45) is 3.80. The molecule has 3 rings (SSSR count). The zero-order chi connectivity index (χ0) is 18.4. The van der Waals surface area contributed by atoms with Gasteiger partial charge in [-0.15, -0.1) is 0 Å². The van der Waals surface area contributed by atoms with E-state index in [-0.39, 0.29) is 0 Å². The number of hydrogen-bond donors (Lipinski definition) is 0. The van der Waals surface area contributed by atoms with Gasteiger partial charge in [-0.05, 0) is 59.9 Å². The van der Waals surface area contributed by atoms with Crippen LogP contribution in [0, 0.1) is 17.7 Å². The lowest BCUT2D eigenvalue weighted by Gasteiger charge is -2.03. The van der Waals surface area contributed by atoms with Gasteiger partial charge in [0, 0.05) is 10.6 Å². The van der Waals surface area contributed by atoms with E-state index in [1.54, 1.807) is 12.1 Å². The summed E-state index contributed by atoms with van der Waals surface area (Å²) in [4.78, 5) is 0. The van der Waals surface area contributed by atoms with Crippen molar-refractivity contribution < 1.29 is 4.39 Å². The van der Waals surface area contributed by atoms with Crippen LogP contribution in [0.1, 0.15) is 27.8 Å². The largest absolute Gasteiger partial charge is 0.206 e. The van der Waals surface area contributed by atoms with E-state index in [1.807, 2.05) is 18.2 Å². The van der Waals surface area contributed by atoms with E-state index >= 15 is 0 Å². The molecule has 26 heavy (non-hydrogen) atoms.